The molecule has 1 fully saturated rings. The first-order valence-corrected chi connectivity index (χ1v) is 13.5. The molecule has 0 bridgehead atoms. The molecule has 2 aliphatic heterocycles. The molecular formula is C28H40N4O5. The molecule has 37 heavy (non-hydrogen) atoms. The zero-order valence-electron chi connectivity index (χ0n) is 22.0. The topological polar surface area (TPSA) is 122 Å². The number of oxazole rings is 1. The van der Waals surface area contributed by atoms with E-state index in [-0.39, 0.29) is 24.4 Å². The monoisotopic (exact) mass is 512 g/mol. The van der Waals surface area contributed by atoms with E-state index >= 15 is 0 Å². The normalized spacial score (nSPS) is 21.1. The van der Waals surface area contributed by atoms with Gasteiger partial charge in [0.05, 0.1) is 25.3 Å². The van der Waals surface area contributed by atoms with Crippen LogP contribution in [0.15, 0.2) is 28.8 Å². The number of fused-ring (bicyclic) bond motifs is 1. The molecule has 9 nitrogen and oxygen atoms in total. The van der Waals surface area contributed by atoms with Crippen LogP contribution in [-0.4, -0.2) is 77.1 Å². The van der Waals surface area contributed by atoms with Crippen LogP contribution in [0.3, 0.4) is 0 Å². The number of amides is 1. The number of aliphatic carboxylic acids is 1. The fraction of sp³-hybridized carbons (Fsp3) is 0.607. The number of carboxylic acid groups (broad SMARTS) is 1. The van der Waals surface area contributed by atoms with Crippen molar-refractivity contribution in [1.82, 2.24) is 14.8 Å². The van der Waals surface area contributed by atoms with Crippen molar-refractivity contribution in [1.29, 1.82) is 0 Å². The third-order valence-corrected chi connectivity index (χ3v) is 7.60. The van der Waals surface area contributed by atoms with Crippen molar-refractivity contribution in [3.8, 4) is 5.75 Å². The van der Waals surface area contributed by atoms with E-state index in [2.05, 4.69) is 22.9 Å². The highest BCUT2D eigenvalue weighted by atomic mass is 16.5. The second-order valence-corrected chi connectivity index (χ2v) is 10.2. The highest BCUT2D eigenvalue weighted by Crippen LogP contribution is 2.41. The molecular weight excluding hydrogens is 472 g/mol. The lowest BCUT2D eigenvalue weighted by Crippen LogP contribution is -2.45. The van der Waals surface area contributed by atoms with Crippen molar-refractivity contribution in [3.05, 3.63) is 47.2 Å². The minimum atomic E-state index is -0.837. The molecule has 202 valence electrons. The van der Waals surface area contributed by atoms with Gasteiger partial charge >= 0.3 is 5.97 Å². The lowest BCUT2D eigenvalue weighted by Gasteiger charge is -2.29. The zero-order chi connectivity index (χ0) is 26.4. The molecule has 1 saturated heterocycles. The first kappa shape index (κ1) is 27.1. The number of nitrogens with zero attached hydrogens (tertiary/aromatic N) is 3. The Labute approximate surface area is 219 Å². The quantitative estimate of drug-likeness (QED) is 0.420. The number of rotatable bonds is 13. The molecule has 3 N–H and O–H groups in total. The Kier molecular flexibility index (Phi) is 9.21. The molecule has 3 heterocycles. The van der Waals surface area contributed by atoms with Gasteiger partial charge in [-0.25, -0.2) is 4.98 Å². The van der Waals surface area contributed by atoms with E-state index in [0.717, 1.165) is 48.3 Å². The summed E-state index contributed by atoms with van der Waals surface area (Å²) in [5.74, 6) is 0.537. The number of aromatic nitrogens is 1. The summed E-state index contributed by atoms with van der Waals surface area (Å²) in [6.07, 6.45) is 6.26. The Balaban J connectivity index is 1.58. The summed E-state index contributed by atoms with van der Waals surface area (Å²) in [6, 6.07) is 5.72. The van der Waals surface area contributed by atoms with Gasteiger partial charge in [0, 0.05) is 44.4 Å². The van der Waals surface area contributed by atoms with Crippen molar-refractivity contribution in [3.63, 3.8) is 0 Å². The van der Waals surface area contributed by atoms with Crippen molar-refractivity contribution in [2.75, 3.05) is 39.3 Å². The molecule has 1 aromatic heterocycles. The van der Waals surface area contributed by atoms with E-state index in [1.807, 2.05) is 24.0 Å². The van der Waals surface area contributed by atoms with Gasteiger partial charge in [0.15, 0.2) is 5.89 Å². The van der Waals surface area contributed by atoms with Crippen LogP contribution < -0.4 is 10.5 Å². The number of benzene rings is 1. The summed E-state index contributed by atoms with van der Waals surface area (Å²) in [5.41, 5.74) is 7.84. The molecule has 2 aromatic rings. The highest BCUT2D eigenvalue weighted by molar-refractivity contribution is 5.79. The molecule has 3 atom stereocenters. The van der Waals surface area contributed by atoms with Crippen LogP contribution in [0.2, 0.25) is 0 Å². The summed E-state index contributed by atoms with van der Waals surface area (Å²) in [5, 5.41) is 10.4. The number of likely N-dealkylation sites (tertiary alicyclic amines) is 1. The van der Waals surface area contributed by atoms with Crippen LogP contribution in [0.4, 0.5) is 0 Å². The Hall–Kier alpha value is -2.91. The van der Waals surface area contributed by atoms with Crippen molar-refractivity contribution >= 4 is 11.9 Å². The number of unbranched alkanes of at least 4 members (excludes halogenated alkanes) is 1. The van der Waals surface area contributed by atoms with E-state index in [4.69, 9.17) is 14.9 Å². The standard InChI is InChI=1S/C28H40N4O5/c1-3-4-12-31(13-5-11-29)26(33)18-32-17-22(20-6-8-24-21(15-20)10-14-36-24)27(28(34)35)23(32)7-9-25-30-16-19(2)37-25/h6,8,15-16,22-23,27H,3-5,7,9-14,17-18,29H2,1-2H3,(H,34,35)/t22-,23+,27-/m1/s1. The molecule has 0 unspecified atom stereocenters. The zero-order valence-corrected chi connectivity index (χ0v) is 22.0. The molecule has 0 radical (unpaired) electrons. The van der Waals surface area contributed by atoms with Gasteiger partial charge in [-0.15, -0.1) is 0 Å². The SMILES string of the molecule is CCCCN(CCCN)C(=O)CN1C[C@H](c2ccc3c(c2)CCO3)[C@@H](C(=O)O)[C@@H]1CCc1ncc(C)o1. The predicted molar refractivity (Wildman–Crippen MR) is 140 cm³/mol. The minimum Gasteiger partial charge on any atom is -0.493 e. The minimum absolute atomic E-state index is 0.0333. The summed E-state index contributed by atoms with van der Waals surface area (Å²) < 4.78 is 11.3. The molecule has 0 spiro atoms. The summed E-state index contributed by atoms with van der Waals surface area (Å²) in [4.78, 5) is 34.4. The maximum atomic E-state index is 13.5. The Morgan fingerprint density at radius 1 is 1.27 bits per heavy atom. The third-order valence-electron chi connectivity index (χ3n) is 7.60. The van der Waals surface area contributed by atoms with Gasteiger partial charge in [0.25, 0.3) is 0 Å². The van der Waals surface area contributed by atoms with Gasteiger partial charge in [0.1, 0.15) is 11.5 Å². The van der Waals surface area contributed by atoms with E-state index in [9.17, 15) is 14.7 Å². The molecule has 4 rings (SSSR count). The molecule has 2 aliphatic rings. The first-order chi connectivity index (χ1) is 17.9. The summed E-state index contributed by atoms with van der Waals surface area (Å²) >= 11 is 0. The third kappa shape index (κ3) is 6.51. The average Bonchev–Trinajstić information content (AvgIpc) is 3.60. The van der Waals surface area contributed by atoms with Crippen LogP contribution in [0.1, 0.15) is 61.3 Å². The fourth-order valence-electron chi connectivity index (χ4n) is 5.68. The lowest BCUT2D eigenvalue weighted by molar-refractivity contribution is -0.143. The molecule has 0 aliphatic carbocycles. The molecule has 1 amide bonds. The second kappa shape index (κ2) is 12.6. The number of hydrogen-bond donors (Lipinski definition) is 2. The number of nitrogens with two attached hydrogens (primary N) is 1. The Bertz CT molecular complexity index is 1060. The van der Waals surface area contributed by atoms with Crippen molar-refractivity contribution in [2.24, 2.45) is 11.7 Å². The van der Waals surface area contributed by atoms with E-state index in [1.54, 1.807) is 6.20 Å². The number of carbonyl (C=O) groups is 2. The van der Waals surface area contributed by atoms with Crippen LogP contribution in [0, 0.1) is 12.8 Å². The average molecular weight is 513 g/mol. The number of carboxylic acids is 1. The van der Waals surface area contributed by atoms with Crippen molar-refractivity contribution in [2.45, 2.75) is 64.3 Å². The van der Waals surface area contributed by atoms with Gasteiger partial charge < -0.3 is 24.9 Å². The molecule has 9 heteroatoms. The van der Waals surface area contributed by atoms with Gasteiger partial charge in [-0.2, -0.15) is 0 Å². The number of aryl methyl sites for hydroxylation is 2. The van der Waals surface area contributed by atoms with Gasteiger partial charge in [-0.1, -0.05) is 25.5 Å². The number of hydrogen-bond acceptors (Lipinski definition) is 7. The van der Waals surface area contributed by atoms with E-state index in [0.29, 0.717) is 51.5 Å². The molecule has 0 saturated carbocycles. The van der Waals surface area contributed by atoms with Gasteiger partial charge in [0.2, 0.25) is 5.91 Å². The largest absolute Gasteiger partial charge is 0.493 e. The maximum absolute atomic E-state index is 13.5. The Morgan fingerprint density at radius 2 is 2.08 bits per heavy atom. The Morgan fingerprint density at radius 3 is 2.78 bits per heavy atom. The first-order valence-electron chi connectivity index (χ1n) is 13.5. The molecule has 1 aromatic carbocycles. The van der Waals surface area contributed by atoms with E-state index < -0.39 is 11.9 Å². The lowest BCUT2D eigenvalue weighted by atomic mass is 9.83. The van der Waals surface area contributed by atoms with Gasteiger partial charge in [-0.05, 0) is 49.9 Å². The predicted octanol–water partition coefficient (Wildman–Crippen LogP) is 3.00. The van der Waals surface area contributed by atoms with Crippen LogP contribution in [0.5, 0.6) is 5.75 Å². The smallest absolute Gasteiger partial charge is 0.308 e. The van der Waals surface area contributed by atoms with Crippen molar-refractivity contribution < 1.29 is 23.8 Å². The van der Waals surface area contributed by atoms with E-state index in [1.165, 1.54) is 0 Å². The highest BCUT2D eigenvalue weighted by Gasteiger charge is 2.47. The summed E-state index contributed by atoms with van der Waals surface area (Å²) in [6.45, 7) is 7.16. The summed E-state index contributed by atoms with van der Waals surface area (Å²) in [7, 11) is 0. The second-order valence-electron chi connectivity index (χ2n) is 10.2. The number of ether oxygens (including phenoxy) is 1. The van der Waals surface area contributed by atoms with Crippen LogP contribution >= 0.6 is 0 Å². The van der Waals surface area contributed by atoms with Gasteiger partial charge in [-0.3, -0.25) is 14.5 Å². The fourth-order valence-corrected chi connectivity index (χ4v) is 5.68. The maximum Gasteiger partial charge on any atom is 0.308 e. The number of carbonyl (C=O) groups excluding carboxylic acids is 1. The van der Waals surface area contributed by atoms with Crippen LogP contribution in [-0.2, 0) is 22.4 Å². The van der Waals surface area contributed by atoms with Crippen LogP contribution in [0.25, 0.3) is 0 Å².